The summed E-state index contributed by atoms with van der Waals surface area (Å²) in [7, 11) is 0. The number of nitrogens with two attached hydrogens (primary N) is 1. The second kappa shape index (κ2) is 7.85. The fourth-order valence-electron chi connectivity index (χ4n) is 3.49. The molecule has 19 heavy (non-hydrogen) atoms. The predicted molar refractivity (Wildman–Crippen MR) is 77.8 cm³/mol. The molecule has 2 fully saturated rings. The van der Waals surface area contributed by atoms with Gasteiger partial charge >= 0.3 is 0 Å². The van der Waals surface area contributed by atoms with Crippen LogP contribution in [0.1, 0.15) is 44.9 Å². The number of nitrogens with one attached hydrogen (secondary N) is 1. The van der Waals surface area contributed by atoms with Crippen molar-refractivity contribution in [3.05, 3.63) is 0 Å². The standard InChI is InChI=1S/C15H29N3O/c16-12-13-6-1-2-7-14(13)15(19)17-8-5-11-18-9-3-4-10-18/h13-14H,1-12,16H2,(H,17,19). The lowest BCUT2D eigenvalue weighted by molar-refractivity contribution is -0.127. The van der Waals surface area contributed by atoms with Gasteiger partial charge in [-0.1, -0.05) is 12.8 Å². The van der Waals surface area contributed by atoms with Crippen LogP contribution >= 0.6 is 0 Å². The minimum Gasteiger partial charge on any atom is -0.356 e. The minimum absolute atomic E-state index is 0.172. The van der Waals surface area contributed by atoms with Gasteiger partial charge in [-0.25, -0.2) is 0 Å². The molecule has 110 valence electrons. The fourth-order valence-corrected chi connectivity index (χ4v) is 3.49. The van der Waals surface area contributed by atoms with Gasteiger partial charge in [0.1, 0.15) is 0 Å². The first-order valence-electron chi connectivity index (χ1n) is 8.01. The van der Waals surface area contributed by atoms with E-state index >= 15 is 0 Å². The number of nitrogens with zero attached hydrogens (tertiary/aromatic N) is 1. The number of likely N-dealkylation sites (tertiary alicyclic amines) is 1. The van der Waals surface area contributed by atoms with E-state index in [4.69, 9.17) is 5.73 Å². The van der Waals surface area contributed by atoms with Gasteiger partial charge in [0.25, 0.3) is 0 Å². The van der Waals surface area contributed by atoms with Gasteiger partial charge < -0.3 is 16.0 Å². The van der Waals surface area contributed by atoms with Gasteiger partial charge in [-0.15, -0.1) is 0 Å². The molecule has 1 amide bonds. The second-order valence-electron chi connectivity index (χ2n) is 6.08. The molecule has 2 rings (SSSR count). The summed E-state index contributed by atoms with van der Waals surface area (Å²) < 4.78 is 0. The monoisotopic (exact) mass is 267 g/mol. The summed E-state index contributed by atoms with van der Waals surface area (Å²) in [5.74, 6) is 0.828. The summed E-state index contributed by atoms with van der Waals surface area (Å²) in [4.78, 5) is 14.7. The lowest BCUT2D eigenvalue weighted by atomic mass is 9.79. The van der Waals surface area contributed by atoms with Crippen LogP contribution in [0.15, 0.2) is 0 Å². The third kappa shape index (κ3) is 4.46. The Hall–Kier alpha value is -0.610. The molecule has 1 saturated heterocycles. The third-order valence-corrected chi connectivity index (χ3v) is 4.70. The Balaban J connectivity index is 1.62. The molecule has 2 unspecified atom stereocenters. The average molecular weight is 267 g/mol. The molecule has 3 N–H and O–H groups in total. The van der Waals surface area contributed by atoms with Crippen LogP contribution in [0.3, 0.4) is 0 Å². The highest BCUT2D eigenvalue weighted by atomic mass is 16.1. The van der Waals surface area contributed by atoms with E-state index in [1.165, 1.54) is 38.8 Å². The SMILES string of the molecule is NCC1CCCCC1C(=O)NCCCN1CCCC1. The van der Waals surface area contributed by atoms with E-state index in [9.17, 15) is 4.79 Å². The second-order valence-corrected chi connectivity index (χ2v) is 6.08. The van der Waals surface area contributed by atoms with Gasteiger partial charge in [0.2, 0.25) is 5.91 Å². The molecule has 0 aromatic heterocycles. The van der Waals surface area contributed by atoms with Gasteiger partial charge in [-0.3, -0.25) is 4.79 Å². The number of hydrogen-bond donors (Lipinski definition) is 2. The van der Waals surface area contributed by atoms with Crippen molar-refractivity contribution in [2.24, 2.45) is 17.6 Å². The number of carbonyl (C=O) groups excluding carboxylic acids is 1. The van der Waals surface area contributed by atoms with Crippen molar-refractivity contribution in [3.63, 3.8) is 0 Å². The van der Waals surface area contributed by atoms with E-state index in [2.05, 4.69) is 10.2 Å². The molecule has 0 aromatic carbocycles. The van der Waals surface area contributed by atoms with E-state index < -0.39 is 0 Å². The van der Waals surface area contributed by atoms with E-state index in [1.54, 1.807) is 0 Å². The molecular formula is C15H29N3O. The van der Waals surface area contributed by atoms with Crippen molar-refractivity contribution in [3.8, 4) is 0 Å². The Morgan fingerprint density at radius 1 is 1.16 bits per heavy atom. The largest absolute Gasteiger partial charge is 0.356 e. The fraction of sp³-hybridized carbons (Fsp3) is 0.933. The molecule has 0 aromatic rings. The van der Waals surface area contributed by atoms with Crippen molar-refractivity contribution >= 4 is 5.91 Å². The van der Waals surface area contributed by atoms with Gasteiger partial charge in [0.05, 0.1) is 0 Å². The first-order chi connectivity index (χ1) is 9.31. The van der Waals surface area contributed by atoms with E-state index in [0.717, 1.165) is 32.4 Å². The van der Waals surface area contributed by atoms with Crippen LogP contribution in [-0.4, -0.2) is 43.5 Å². The van der Waals surface area contributed by atoms with Crippen LogP contribution in [0.2, 0.25) is 0 Å². The topological polar surface area (TPSA) is 58.4 Å². The predicted octanol–water partition coefficient (Wildman–Crippen LogP) is 1.35. The molecular weight excluding hydrogens is 238 g/mol. The van der Waals surface area contributed by atoms with Gasteiger partial charge in [-0.05, 0) is 64.2 Å². The highest BCUT2D eigenvalue weighted by molar-refractivity contribution is 5.79. The van der Waals surface area contributed by atoms with Gasteiger partial charge in [0, 0.05) is 12.5 Å². The van der Waals surface area contributed by atoms with E-state index in [0.29, 0.717) is 12.5 Å². The molecule has 1 heterocycles. The van der Waals surface area contributed by atoms with Crippen molar-refractivity contribution in [1.29, 1.82) is 0 Å². The quantitative estimate of drug-likeness (QED) is 0.714. The summed E-state index contributed by atoms with van der Waals surface area (Å²) in [5, 5.41) is 3.12. The normalized spacial score (nSPS) is 28.5. The first-order valence-corrected chi connectivity index (χ1v) is 8.01. The zero-order chi connectivity index (χ0) is 13.5. The Morgan fingerprint density at radius 3 is 2.63 bits per heavy atom. The minimum atomic E-state index is 0.172. The summed E-state index contributed by atoms with van der Waals surface area (Å²) in [6, 6.07) is 0. The molecule has 0 spiro atoms. The Labute approximate surface area is 117 Å². The summed E-state index contributed by atoms with van der Waals surface area (Å²) in [6.07, 6.45) is 8.33. The Kier molecular flexibility index (Phi) is 6.11. The summed E-state index contributed by atoms with van der Waals surface area (Å²) >= 11 is 0. The zero-order valence-corrected chi connectivity index (χ0v) is 12.1. The number of hydrogen-bond acceptors (Lipinski definition) is 3. The zero-order valence-electron chi connectivity index (χ0n) is 12.1. The highest BCUT2D eigenvalue weighted by Crippen LogP contribution is 2.29. The molecule has 0 radical (unpaired) electrons. The smallest absolute Gasteiger partial charge is 0.223 e. The van der Waals surface area contributed by atoms with Crippen molar-refractivity contribution in [1.82, 2.24) is 10.2 Å². The number of carbonyl (C=O) groups is 1. The maximum Gasteiger partial charge on any atom is 0.223 e. The van der Waals surface area contributed by atoms with E-state index in [1.807, 2.05) is 0 Å². The Morgan fingerprint density at radius 2 is 1.89 bits per heavy atom. The van der Waals surface area contributed by atoms with Crippen LogP contribution in [0.25, 0.3) is 0 Å². The molecule has 4 nitrogen and oxygen atoms in total. The van der Waals surface area contributed by atoms with Crippen LogP contribution in [-0.2, 0) is 4.79 Å². The summed E-state index contributed by atoms with van der Waals surface area (Å²) in [5.41, 5.74) is 5.78. The maximum atomic E-state index is 12.2. The molecule has 0 bridgehead atoms. The van der Waals surface area contributed by atoms with Crippen LogP contribution in [0.4, 0.5) is 0 Å². The van der Waals surface area contributed by atoms with Gasteiger partial charge in [0.15, 0.2) is 0 Å². The molecule has 4 heteroatoms. The number of rotatable bonds is 6. The lowest BCUT2D eigenvalue weighted by Gasteiger charge is -2.29. The summed E-state index contributed by atoms with van der Waals surface area (Å²) in [6.45, 7) is 5.10. The van der Waals surface area contributed by atoms with Crippen LogP contribution in [0.5, 0.6) is 0 Å². The number of amides is 1. The van der Waals surface area contributed by atoms with Crippen LogP contribution in [0, 0.1) is 11.8 Å². The van der Waals surface area contributed by atoms with Gasteiger partial charge in [-0.2, -0.15) is 0 Å². The first kappa shape index (κ1) is 14.8. The molecule has 1 saturated carbocycles. The van der Waals surface area contributed by atoms with E-state index in [-0.39, 0.29) is 11.8 Å². The lowest BCUT2D eigenvalue weighted by Crippen LogP contribution is -2.40. The van der Waals surface area contributed by atoms with Crippen molar-refractivity contribution < 1.29 is 4.79 Å². The average Bonchev–Trinajstić information content (AvgIpc) is 2.96. The molecule has 1 aliphatic carbocycles. The van der Waals surface area contributed by atoms with Crippen LogP contribution < -0.4 is 11.1 Å². The maximum absolute atomic E-state index is 12.2. The molecule has 1 aliphatic heterocycles. The Bertz CT molecular complexity index is 277. The van der Waals surface area contributed by atoms with Crippen molar-refractivity contribution in [2.75, 3.05) is 32.7 Å². The molecule has 2 atom stereocenters. The third-order valence-electron chi connectivity index (χ3n) is 4.70. The van der Waals surface area contributed by atoms with Crippen molar-refractivity contribution in [2.45, 2.75) is 44.9 Å². The molecule has 2 aliphatic rings. The highest BCUT2D eigenvalue weighted by Gasteiger charge is 2.29.